The number of amides is 2. The number of fused-ring (bicyclic) bond motifs is 1. The second-order valence-electron chi connectivity index (χ2n) is 6.44. The van der Waals surface area contributed by atoms with Crippen LogP contribution in [0.25, 0.3) is 5.57 Å². The second kappa shape index (κ2) is 8.33. The number of carbonyl (C=O) groups is 3. The Balaban J connectivity index is 1.62. The van der Waals surface area contributed by atoms with E-state index in [0.717, 1.165) is 28.0 Å². The average molecular weight is 494 g/mol. The number of carboxylic acid groups (broad SMARTS) is 1. The van der Waals surface area contributed by atoms with E-state index in [9.17, 15) is 19.5 Å². The summed E-state index contributed by atoms with van der Waals surface area (Å²) in [6, 6.07) is -1.01. The van der Waals surface area contributed by atoms with E-state index in [0.29, 0.717) is 14.9 Å². The Morgan fingerprint density at radius 1 is 1.41 bits per heavy atom. The van der Waals surface area contributed by atoms with Gasteiger partial charge in [-0.25, -0.2) is 9.78 Å². The first kappa shape index (κ1) is 21.9. The van der Waals surface area contributed by atoms with Gasteiger partial charge >= 0.3 is 5.97 Å². The molecule has 4 rings (SSSR count). The smallest absolute Gasteiger partial charge is 0.353 e. The number of allylic oxidation sites excluding steroid dienone is 1. The van der Waals surface area contributed by atoms with Crippen LogP contribution < -0.4 is 11.1 Å². The summed E-state index contributed by atoms with van der Waals surface area (Å²) in [5.41, 5.74) is 5.64. The van der Waals surface area contributed by atoms with Gasteiger partial charge in [-0.3, -0.25) is 14.5 Å². The standard InChI is InChI=1S/C17H15N7O5S3/c1-5-8(13-22-21-6(2)32-13)11(16(27)28)24-14(26)10(15(24)31-5)20-12(25)9(23-29-3)7-4-30-17(18)19-7/h4,10,15H,1H2,2-3H3,(H2,18,19)(H,20,25)(H,27,28)/b23-9-. The highest BCUT2D eigenvalue weighted by Crippen LogP contribution is 2.49. The van der Waals surface area contributed by atoms with Crippen molar-refractivity contribution in [3.05, 3.63) is 38.3 Å². The van der Waals surface area contributed by atoms with Gasteiger partial charge in [-0.2, -0.15) is 0 Å². The summed E-state index contributed by atoms with van der Waals surface area (Å²) in [5, 5.41) is 26.1. The number of hydrogen-bond acceptors (Lipinski definition) is 12. The number of anilines is 1. The van der Waals surface area contributed by atoms with Gasteiger partial charge in [0.15, 0.2) is 15.9 Å². The van der Waals surface area contributed by atoms with E-state index < -0.39 is 29.2 Å². The second-order valence-corrected chi connectivity index (χ2v) is 9.72. The number of aryl methyl sites for hydroxylation is 1. The number of aliphatic carboxylic acids is 1. The van der Waals surface area contributed by atoms with Crippen molar-refractivity contribution in [2.45, 2.75) is 18.3 Å². The quantitative estimate of drug-likeness (QED) is 0.294. The van der Waals surface area contributed by atoms with Crippen molar-refractivity contribution < 1.29 is 24.3 Å². The highest BCUT2D eigenvalue weighted by molar-refractivity contribution is 8.04. The van der Waals surface area contributed by atoms with Crippen LogP contribution in [0.4, 0.5) is 5.13 Å². The molecule has 1 fully saturated rings. The predicted molar refractivity (Wildman–Crippen MR) is 119 cm³/mol. The van der Waals surface area contributed by atoms with Gasteiger partial charge in [0.2, 0.25) is 0 Å². The zero-order valence-electron chi connectivity index (χ0n) is 16.6. The Hall–Kier alpha value is -3.30. The number of thiazole rings is 1. The molecule has 0 radical (unpaired) electrons. The van der Waals surface area contributed by atoms with Gasteiger partial charge in [0.05, 0.1) is 5.57 Å². The van der Waals surface area contributed by atoms with Gasteiger partial charge in [-0.15, -0.1) is 21.5 Å². The van der Waals surface area contributed by atoms with Crippen molar-refractivity contribution in [3.8, 4) is 0 Å². The molecule has 2 unspecified atom stereocenters. The molecule has 166 valence electrons. The van der Waals surface area contributed by atoms with Crippen molar-refractivity contribution in [3.63, 3.8) is 0 Å². The maximum atomic E-state index is 12.9. The van der Waals surface area contributed by atoms with E-state index in [4.69, 9.17) is 10.6 Å². The number of aromatic nitrogens is 3. The number of carbonyl (C=O) groups excluding carboxylic acids is 2. The summed E-state index contributed by atoms with van der Waals surface area (Å²) in [6.45, 7) is 5.69. The minimum Gasteiger partial charge on any atom is -0.477 e. The maximum Gasteiger partial charge on any atom is 0.353 e. The molecular formula is C17H15N7O5S3. The van der Waals surface area contributed by atoms with Gasteiger partial charge in [0.1, 0.15) is 34.9 Å². The molecule has 2 aromatic heterocycles. The van der Waals surface area contributed by atoms with Crippen LogP contribution in [0.2, 0.25) is 0 Å². The average Bonchev–Trinajstić information content (AvgIpc) is 3.37. The zero-order valence-corrected chi connectivity index (χ0v) is 19.0. The third-order valence-electron chi connectivity index (χ3n) is 4.45. The molecule has 2 aliphatic rings. The van der Waals surface area contributed by atoms with Gasteiger partial charge < -0.3 is 21.0 Å². The van der Waals surface area contributed by atoms with Gasteiger partial charge in [0.25, 0.3) is 11.8 Å². The molecular weight excluding hydrogens is 478 g/mol. The number of thioether (sulfide) groups is 1. The molecule has 0 aromatic carbocycles. The summed E-state index contributed by atoms with van der Waals surface area (Å²) >= 11 is 3.47. The number of hydrogen-bond donors (Lipinski definition) is 3. The van der Waals surface area contributed by atoms with Crippen molar-refractivity contribution in [1.29, 1.82) is 0 Å². The van der Waals surface area contributed by atoms with E-state index in [1.54, 1.807) is 6.92 Å². The van der Waals surface area contributed by atoms with E-state index in [1.807, 2.05) is 0 Å². The lowest BCUT2D eigenvalue weighted by Crippen LogP contribution is -2.70. The lowest BCUT2D eigenvalue weighted by Gasteiger charge is -2.49. The maximum absolute atomic E-state index is 12.9. The summed E-state index contributed by atoms with van der Waals surface area (Å²) < 4.78 is 0. The van der Waals surface area contributed by atoms with Crippen LogP contribution >= 0.6 is 34.4 Å². The first-order valence-corrected chi connectivity index (χ1v) is 11.4. The summed E-state index contributed by atoms with van der Waals surface area (Å²) in [6.07, 6.45) is 0. The minimum atomic E-state index is -1.31. The lowest BCUT2D eigenvalue weighted by molar-refractivity contribution is -0.149. The van der Waals surface area contributed by atoms with Crippen LogP contribution in [0, 0.1) is 6.92 Å². The molecule has 0 saturated carbocycles. The number of nitrogens with two attached hydrogens (primary N) is 1. The first-order valence-electron chi connectivity index (χ1n) is 8.83. The number of carboxylic acids is 1. The molecule has 1 saturated heterocycles. The Morgan fingerprint density at radius 2 is 2.16 bits per heavy atom. The molecule has 0 spiro atoms. The topological polar surface area (TPSA) is 173 Å². The van der Waals surface area contributed by atoms with Crippen LogP contribution in [0.3, 0.4) is 0 Å². The lowest BCUT2D eigenvalue weighted by atomic mass is 10.0. The van der Waals surface area contributed by atoms with E-state index in [1.165, 1.54) is 23.8 Å². The van der Waals surface area contributed by atoms with Gasteiger partial charge in [-0.05, 0) is 6.92 Å². The highest BCUT2D eigenvalue weighted by atomic mass is 32.2. The van der Waals surface area contributed by atoms with Gasteiger partial charge in [0, 0.05) is 10.3 Å². The molecule has 12 nitrogen and oxygen atoms in total. The molecule has 2 amide bonds. The van der Waals surface area contributed by atoms with E-state index >= 15 is 0 Å². The number of nitrogens with zero attached hydrogens (tertiary/aromatic N) is 5. The SMILES string of the molecule is C=C1SC2C(NC(=O)/C(=N\OC)c3csc(N)n3)C(=O)N2C(C(=O)O)=C1c1nnc(C)s1. The monoisotopic (exact) mass is 493 g/mol. The molecule has 2 aliphatic heterocycles. The minimum absolute atomic E-state index is 0.162. The fourth-order valence-electron chi connectivity index (χ4n) is 3.14. The molecule has 4 heterocycles. The Labute approximate surface area is 192 Å². The molecule has 2 atom stereocenters. The predicted octanol–water partition coefficient (Wildman–Crippen LogP) is 0.645. The number of nitrogen functional groups attached to an aromatic ring is 1. The normalized spacial score (nSPS) is 20.7. The van der Waals surface area contributed by atoms with Crippen molar-refractivity contribution in [2.24, 2.45) is 5.16 Å². The summed E-state index contributed by atoms with van der Waals surface area (Å²) in [7, 11) is 1.26. The number of β-lactam (4-membered cyclic amide) rings is 1. The Bertz CT molecular complexity index is 1220. The largest absolute Gasteiger partial charge is 0.477 e. The summed E-state index contributed by atoms with van der Waals surface area (Å²) in [4.78, 5) is 48.0. The molecule has 0 bridgehead atoms. The number of rotatable bonds is 6. The van der Waals surface area contributed by atoms with Crippen molar-refractivity contribution in [1.82, 2.24) is 25.4 Å². The molecule has 15 heteroatoms. The Morgan fingerprint density at radius 3 is 2.72 bits per heavy atom. The molecule has 32 heavy (non-hydrogen) atoms. The third kappa shape index (κ3) is 3.63. The van der Waals surface area contributed by atoms with Crippen LogP contribution in [-0.4, -0.2) is 67.2 Å². The highest BCUT2D eigenvalue weighted by Gasteiger charge is 2.56. The fraction of sp³-hybridized carbons (Fsp3) is 0.235. The molecule has 2 aromatic rings. The fourth-order valence-corrected chi connectivity index (χ4v) is 5.76. The van der Waals surface area contributed by atoms with Crippen LogP contribution in [0.5, 0.6) is 0 Å². The summed E-state index contributed by atoms with van der Waals surface area (Å²) in [5.74, 6) is -2.61. The zero-order chi connectivity index (χ0) is 23.2. The van der Waals surface area contributed by atoms with Crippen molar-refractivity contribution >= 4 is 68.6 Å². The first-order chi connectivity index (χ1) is 15.2. The Kier molecular flexibility index (Phi) is 5.70. The third-order valence-corrected chi connectivity index (χ3v) is 7.20. The van der Waals surface area contributed by atoms with Crippen molar-refractivity contribution in [2.75, 3.05) is 12.8 Å². The van der Waals surface area contributed by atoms with Crippen LogP contribution in [0.15, 0.2) is 27.7 Å². The number of nitrogens with one attached hydrogen (secondary N) is 1. The molecule has 0 aliphatic carbocycles. The number of oxime groups is 1. The van der Waals surface area contributed by atoms with E-state index in [-0.39, 0.29) is 27.8 Å². The van der Waals surface area contributed by atoms with Gasteiger partial charge in [-0.1, -0.05) is 34.8 Å². The van der Waals surface area contributed by atoms with E-state index in [2.05, 4.69) is 32.2 Å². The molecule has 4 N–H and O–H groups in total. The van der Waals surface area contributed by atoms with Crippen LogP contribution in [-0.2, 0) is 19.2 Å². The van der Waals surface area contributed by atoms with Crippen LogP contribution in [0.1, 0.15) is 15.7 Å².